The first-order valence-electron chi connectivity index (χ1n) is 11.8. The van der Waals surface area contributed by atoms with Crippen LogP contribution in [0.4, 0.5) is 15.8 Å². The topological polar surface area (TPSA) is 134 Å². The average Bonchev–Trinajstić information content (AvgIpc) is 3.19. The summed E-state index contributed by atoms with van der Waals surface area (Å²) in [5, 5.41) is 19.4. The Hall–Kier alpha value is -3.46. The van der Waals surface area contributed by atoms with Gasteiger partial charge in [-0.05, 0) is 25.6 Å². The number of amides is 1. The molecule has 0 bridgehead atoms. The molecule has 1 aromatic carbocycles. The van der Waals surface area contributed by atoms with Crippen LogP contribution >= 0.6 is 11.3 Å². The highest BCUT2D eigenvalue weighted by Crippen LogP contribution is 2.35. The fourth-order valence-electron chi connectivity index (χ4n) is 4.01. The summed E-state index contributed by atoms with van der Waals surface area (Å²) in [4.78, 5) is 18.4. The highest BCUT2D eigenvalue weighted by Gasteiger charge is 2.29. The maximum atomic E-state index is 15.3. The van der Waals surface area contributed by atoms with Crippen molar-refractivity contribution in [2.45, 2.75) is 26.3 Å². The largest absolute Gasteiger partial charge is 0.491 e. The summed E-state index contributed by atoms with van der Waals surface area (Å²) in [6.45, 7) is 7.10. The molecule has 1 aliphatic heterocycles. The van der Waals surface area contributed by atoms with E-state index in [4.69, 9.17) is 15.2 Å². The van der Waals surface area contributed by atoms with Gasteiger partial charge in [0.15, 0.2) is 0 Å². The first kappa shape index (κ1) is 25.6. The molecule has 0 saturated heterocycles. The number of aryl methyl sites for hydroxylation is 1. The second-order valence-corrected chi connectivity index (χ2v) is 9.43. The number of carbonyl (C=O) groups excluding carboxylic acids is 1. The number of nitrogens with one attached hydrogen (secondary N) is 3. The van der Waals surface area contributed by atoms with Crippen molar-refractivity contribution in [1.82, 2.24) is 15.6 Å². The number of ether oxygens (including phenoxy) is 2. The number of fused-ring (bicyclic) bond motifs is 2. The Balaban J connectivity index is 1.42. The quantitative estimate of drug-likeness (QED) is 0.305. The zero-order valence-corrected chi connectivity index (χ0v) is 21.1. The molecule has 1 aliphatic rings. The predicted octanol–water partition coefficient (Wildman–Crippen LogP) is 2.97. The average molecular weight is 513 g/mol. The van der Waals surface area contributed by atoms with Gasteiger partial charge < -0.3 is 31.2 Å². The van der Waals surface area contributed by atoms with Crippen molar-refractivity contribution < 1.29 is 18.7 Å². The molecule has 2 aromatic heterocycles. The molecule has 1 amide bonds. The number of hydrogen-bond acceptors (Lipinski definition) is 9. The van der Waals surface area contributed by atoms with Gasteiger partial charge in [0.05, 0.1) is 30.6 Å². The number of nitrogens with zero attached hydrogens (tertiary/aromatic N) is 2. The van der Waals surface area contributed by atoms with E-state index in [0.717, 1.165) is 24.2 Å². The molecular formula is C25H29FN6O3S. The lowest BCUT2D eigenvalue weighted by Crippen LogP contribution is -2.43. The van der Waals surface area contributed by atoms with Gasteiger partial charge in [0.2, 0.25) is 0 Å². The van der Waals surface area contributed by atoms with Crippen LogP contribution in [-0.4, -0.2) is 56.4 Å². The van der Waals surface area contributed by atoms with Gasteiger partial charge in [-0.25, -0.2) is 9.37 Å². The summed E-state index contributed by atoms with van der Waals surface area (Å²) in [5.74, 6) is -0.655. The summed E-state index contributed by atoms with van der Waals surface area (Å²) >= 11 is 1.22. The van der Waals surface area contributed by atoms with Crippen LogP contribution in [0.1, 0.15) is 33.4 Å². The van der Waals surface area contributed by atoms with Crippen LogP contribution < -0.4 is 26.4 Å². The van der Waals surface area contributed by atoms with E-state index in [1.165, 1.54) is 11.3 Å². The van der Waals surface area contributed by atoms with Crippen LogP contribution in [0.25, 0.3) is 10.2 Å². The third-order valence-electron chi connectivity index (χ3n) is 5.84. The summed E-state index contributed by atoms with van der Waals surface area (Å²) in [5.41, 5.74) is 7.93. The first-order valence-corrected chi connectivity index (χ1v) is 12.6. The van der Waals surface area contributed by atoms with Gasteiger partial charge in [-0.2, -0.15) is 5.26 Å². The fourth-order valence-corrected chi connectivity index (χ4v) is 5.06. The number of carbonyl (C=O) groups is 1. The molecule has 1 atom stereocenters. The van der Waals surface area contributed by atoms with E-state index in [1.807, 2.05) is 32.0 Å². The predicted molar refractivity (Wildman–Crippen MR) is 138 cm³/mol. The van der Waals surface area contributed by atoms with E-state index in [0.29, 0.717) is 46.6 Å². The molecule has 11 heteroatoms. The van der Waals surface area contributed by atoms with E-state index < -0.39 is 11.9 Å². The molecule has 0 spiro atoms. The molecule has 0 fully saturated rings. The number of hydrogen-bond donors (Lipinski definition) is 4. The van der Waals surface area contributed by atoms with Crippen LogP contribution in [-0.2, 0) is 11.2 Å². The lowest BCUT2D eigenvalue weighted by molar-refractivity contribution is 0.0919. The third-order valence-corrected chi connectivity index (χ3v) is 6.95. The summed E-state index contributed by atoms with van der Waals surface area (Å²) in [7, 11) is 0. The second kappa shape index (κ2) is 11.5. The number of anilines is 2. The first-order chi connectivity index (χ1) is 17.4. The fraction of sp³-hybridized carbons (Fsp3) is 0.400. The van der Waals surface area contributed by atoms with Crippen molar-refractivity contribution in [2.75, 3.05) is 50.5 Å². The van der Waals surface area contributed by atoms with Crippen LogP contribution in [0.3, 0.4) is 0 Å². The molecule has 4 rings (SSSR count). The van der Waals surface area contributed by atoms with E-state index in [9.17, 15) is 10.1 Å². The summed E-state index contributed by atoms with van der Waals surface area (Å²) in [6, 6.07) is 6.78. The minimum absolute atomic E-state index is 0.0906. The molecule has 190 valence electrons. The van der Waals surface area contributed by atoms with Crippen LogP contribution in [0.5, 0.6) is 5.75 Å². The van der Waals surface area contributed by atoms with Gasteiger partial charge in [0.1, 0.15) is 39.5 Å². The Kier molecular flexibility index (Phi) is 8.20. The van der Waals surface area contributed by atoms with Crippen molar-refractivity contribution in [3.63, 3.8) is 0 Å². The third kappa shape index (κ3) is 5.51. The van der Waals surface area contributed by atoms with Crippen molar-refractivity contribution >= 4 is 38.8 Å². The van der Waals surface area contributed by atoms with Gasteiger partial charge in [0.25, 0.3) is 5.91 Å². The number of thiophene rings is 1. The minimum Gasteiger partial charge on any atom is -0.491 e. The Labute approximate surface area is 212 Å². The van der Waals surface area contributed by atoms with Gasteiger partial charge in [-0.1, -0.05) is 6.92 Å². The van der Waals surface area contributed by atoms with Crippen LogP contribution in [0.2, 0.25) is 0 Å². The number of likely N-dealkylation sites (N-methyl/N-ethyl adjacent to an activating group) is 1. The normalized spacial score (nSPS) is 14.7. The Morgan fingerprint density at radius 2 is 2.19 bits per heavy atom. The minimum atomic E-state index is -0.648. The van der Waals surface area contributed by atoms with Gasteiger partial charge >= 0.3 is 0 Å². The number of aromatic nitrogens is 1. The number of pyridine rings is 1. The zero-order valence-electron chi connectivity index (χ0n) is 20.2. The molecule has 36 heavy (non-hydrogen) atoms. The maximum Gasteiger partial charge on any atom is 0.263 e. The number of nitrogen functional groups attached to an aromatic ring is 1. The lowest BCUT2D eigenvalue weighted by atomic mass is 9.98. The van der Waals surface area contributed by atoms with E-state index in [-0.39, 0.29) is 30.1 Å². The molecule has 5 N–H and O–H groups in total. The SMILES string of the molecule is CCNCCOCCNc1cc2c(c(F)c1C#N)C[C@@H](NC(=O)c1sc3nc(C)ccc3c1N)CO2. The van der Waals surface area contributed by atoms with Crippen LogP contribution in [0.15, 0.2) is 18.2 Å². The van der Waals surface area contributed by atoms with Crippen molar-refractivity contribution in [3.8, 4) is 11.8 Å². The van der Waals surface area contributed by atoms with Gasteiger partial charge in [0, 0.05) is 42.2 Å². The highest BCUT2D eigenvalue weighted by molar-refractivity contribution is 7.21. The Bertz CT molecular complexity index is 1310. The maximum absolute atomic E-state index is 15.3. The smallest absolute Gasteiger partial charge is 0.263 e. The summed E-state index contributed by atoms with van der Waals surface area (Å²) < 4.78 is 26.6. The second-order valence-electron chi connectivity index (χ2n) is 8.43. The molecular weight excluding hydrogens is 483 g/mol. The molecule has 9 nitrogen and oxygen atoms in total. The monoisotopic (exact) mass is 512 g/mol. The Morgan fingerprint density at radius 3 is 2.97 bits per heavy atom. The highest BCUT2D eigenvalue weighted by atomic mass is 32.1. The molecule has 3 aromatic rings. The number of rotatable bonds is 10. The van der Waals surface area contributed by atoms with Crippen LogP contribution in [0, 0.1) is 24.1 Å². The van der Waals surface area contributed by atoms with Crippen molar-refractivity contribution in [2.24, 2.45) is 0 Å². The Morgan fingerprint density at radius 1 is 1.39 bits per heavy atom. The van der Waals surface area contributed by atoms with Crippen molar-refractivity contribution in [3.05, 3.63) is 45.7 Å². The number of halogens is 1. The molecule has 3 heterocycles. The van der Waals surface area contributed by atoms with E-state index in [1.54, 1.807) is 6.07 Å². The number of benzene rings is 1. The van der Waals surface area contributed by atoms with Gasteiger partial charge in [-0.15, -0.1) is 11.3 Å². The number of nitrogens with two attached hydrogens (primary N) is 1. The zero-order chi connectivity index (χ0) is 25.7. The van der Waals surface area contributed by atoms with E-state index >= 15 is 4.39 Å². The molecule has 0 aliphatic carbocycles. The van der Waals surface area contributed by atoms with Gasteiger partial charge in [-0.3, -0.25) is 4.79 Å². The van der Waals surface area contributed by atoms with Crippen molar-refractivity contribution in [1.29, 1.82) is 5.26 Å². The molecule has 0 radical (unpaired) electrons. The summed E-state index contributed by atoms with van der Waals surface area (Å²) in [6.07, 6.45) is 0.192. The molecule has 0 saturated carbocycles. The van der Waals surface area contributed by atoms with E-state index in [2.05, 4.69) is 20.9 Å². The lowest BCUT2D eigenvalue weighted by Gasteiger charge is -2.27. The molecule has 0 unspecified atom stereocenters. The standard InChI is InChI=1S/C25H29FN6O3S/c1-3-29-6-8-34-9-7-30-19-11-20-17(21(26)18(19)12-27)10-15(13-35-20)32-24(33)23-22(28)16-5-4-14(2)31-25(16)36-23/h4-5,11,15,29-30H,3,6-10,13,28H2,1-2H3,(H,32,33)/t15-/m1/s1. The number of nitriles is 1.